The summed E-state index contributed by atoms with van der Waals surface area (Å²) in [4.78, 5) is 5.45. The highest BCUT2D eigenvalue weighted by Crippen LogP contribution is 2.17. The Morgan fingerprint density at radius 1 is 1.64 bits per heavy atom. The van der Waals surface area contributed by atoms with E-state index < -0.39 is 0 Å². The van der Waals surface area contributed by atoms with Crippen molar-refractivity contribution >= 4 is 17.6 Å². The van der Waals surface area contributed by atoms with Crippen LogP contribution < -0.4 is 0 Å². The summed E-state index contributed by atoms with van der Waals surface area (Å²) in [7, 11) is 0. The van der Waals surface area contributed by atoms with E-state index in [0.29, 0.717) is 0 Å². The summed E-state index contributed by atoms with van der Waals surface area (Å²) < 4.78 is 0. The molecule has 0 saturated carbocycles. The lowest BCUT2D eigenvalue weighted by atomic mass is 10.2. The summed E-state index contributed by atoms with van der Waals surface area (Å²) in [5.74, 6) is 0. The maximum Gasteiger partial charge on any atom is 0.0379 e. The van der Waals surface area contributed by atoms with Crippen molar-refractivity contribution < 1.29 is 1.43 Å². The van der Waals surface area contributed by atoms with E-state index in [0.717, 1.165) is 12.1 Å². The molecule has 2 heteroatoms. The predicted octanol–water partition coefficient (Wildman–Crippen LogP) is 4.48. The first-order chi connectivity index (χ1) is 6.72. The topological polar surface area (TPSA) is 12.4 Å². The molecule has 0 aliphatic rings. The van der Waals surface area contributed by atoms with Gasteiger partial charge in [-0.1, -0.05) is 20.4 Å². The van der Waals surface area contributed by atoms with Crippen LogP contribution >= 0.6 is 11.3 Å². The van der Waals surface area contributed by atoms with Crippen molar-refractivity contribution in [3.8, 4) is 0 Å². The van der Waals surface area contributed by atoms with Crippen LogP contribution in [0.15, 0.2) is 28.7 Å². The van der Waals surface area contributed by atoms with Gasteiger partial charge in [-0.3, -0.25) is 4.99 Å². The van der Waals surface area contributed by atoms with Gasteiger partial charge in [0.2, 0.25) is 0 Å². The smallest absolute Gasteiger partial charge is 0.0379 e. The second-order valence-corrected chi connectivity index (χ2v) is 3.72. The minimum Gasteiger partial charge on any atom is -0.266 e. The third-order valence-corrected chi connectivity index (χ3v) is 2.53. The Morgan fingerprint density at radius 3 is 2.71 bits per heavy atom. The monoisotopic (exact) mass is 211 g/mol. The predicted molar refractivity (Wildman–Crippen MR) is 69.5 cm³/mol. The highest BCUT2D eigenvalue weighted by atomic mass is 32.1. The molecule has 0 fully saturated rings. The molecule has 0 saturated heterocycles. The quantitative estimate of drug-likeness (QED) is 0.654. The lowest BCUT2D eigenvalue weighted by molar-refractivity contribution is 1.15. The molecule has 0 aromatic carbocycles. The lowest BCUT2D eigenvalue weighted by Gasteiger charge is -1.94. The summed E-state index contributed by atoms with van der Waals surface area (Å²) >= 11 is 1.77. The minimum atomic E-state index is 0. The zero-order chi connectivity index (χ0) is 11.0. The molecule has 1 aromatic heterocycles. The molecule has 0 unspecified atom stereocenters. The Bertz CT molecular complexity index is 302. The van der Waals surface area contributed by atoms with E-state index in [2.05, 4.69) is 29.9 Å². The molecule has 0 bridgehead atoms. The molecule has 0 aliphatic carbocycles. The van der Waals surface area contributed by atoms with E-state index >= 15 is 0 Å². The molecule has 14 heavy (non-hydrogen) atoms. The molecule has 0 N–H and O–H groups in total. The first kappa shape index (κ1) is 13.1. The normalized spacial score (nSPS) is 9.71. The van der Waals surface area contributed by atoms with Crippen LogP contribution in [0.1, 0.15) is 32.6 Å². The number of thiophene rings is 1. The fourth-order valence-electron chi connectivity index (χ4n) is 1.01. The first-order valence-electron chi connectivity index (χ1n) is 4.93. The average Bonchev–Trinajstić information content (AvgIpc) is 2.55. The average molecular weight is 211 g/mol. The number of nitrogens with zero attached hydrogens (tertiary/aromatic N) is 1. The van der Waals surface area contributed by atoms with E-state index in [1.165, 1.54) is 10.4 Å². The molecule has 0 aliphatic heterocycles. The van der Waals surface area contributed by atoms with Gasteiger partial charge >= 0.3 is 0 Å². The van der Waals surface area contributed by atoms with Gasteiger partial charge in [0.05, 0.1) is 0 Å². The van der Waals surface area contributed by atoms with E-state index in [-0.39, 0.29) is 1.43 Å². The second kappa shape index (κ2) is 7.51. The van der Waals surface area contributed by atoms with Gasteiger partial charge in [-0.2, -0.15) is 0 Å². The van der Waals surface area contributed by atoms with Crippen molar-refractivity contribution in [1.82, 2.24) is 0 Å². The van der Waals surface area contributed by atoms with Crippen LogP contribution in [0.25, 0.3) is 0 Å². The zero-order valence-corrected chi connectivity index (χ0v) is 10.3. The van der Waals surface area contributed by atoms with Gasteiger partial charge in [-0.15, -0.1) is 11.3 Å². The minimum absolute atomic E-state index is 0. The van der Waals surface area contributed by atoms with Gasteiger partial charge in [0.25, 0.3) is 0 Å². The van der Waals surface area contributed by atoms with E-state index in [1.54, 1.807) is 17.6 Å². The standard InChI is InChI=1S/C10H13NS.C2H6.H2/c1-4-11-9(3)6-10-5-8(2)7-12-10;1-2;/h4-5,7H,3,6H2,1-2H3;1-2H3;1H. The van der Waals surface area contributed by atoms with Gasteiger partial charge < -0.3 is 0 Å². The molecule has 0 spiro atoms. The second-order valence-electron chi connectivity index (χ2n) is 2.72. The molecular weight excluding hydrogens is 190 g/mol. The van der Waals surface area contributed by atoms with Crippen LogP contribution in [0.5, 0.6) is 0 Å². The third kappa shape index (κ3) is 4.97. The van der Waals surface area contributed by atoms with Crippen molar-refractivity contribution in [3.05, 3.63) is 34.2 Å². The summed E-state index contributed by atoms with van der Waals surface area (Å²) in [6, 6.07) is 2.18. The molecule has 0 atom stereocenters. The maximum atomic E-state index is 4.12. The number of allylic oxidation sites excluding steroid dienone is 1. The Kier molecular flexibility index (Phi) is 7.03. The molecule has 0 amide bonds. The number of rotatable bonds is 3. The van der Waals surface area contributed by atoms with Crippen molar-refractivity contribution in [1.29, 1.82) is 0 Å². The molecule has 1 rings (SSSR count). The Hall–Kier alpha value is -0.890. The molecular formula is C12H21NS. The van der Waals surface area contributed by atoms with Crippen molar-refractivity contribution in [2.75, 3.05) is 0 Å². The highest BCUT2D eigenvalue weighted by molar-refractivity contribution is 7.10. The first-order valence-corrected chi connectivity index (χ1v) is 5.81. The van der Waals surface area contributed by atoms with E-state index in [4.69, 9.17) is 0 Å². The molecule has 1 aromatic rings. The molecule has 1 nitrogen and oxygen atoms in total. The summed E-state index contributed by atoms with van der Waals surface area (Å²) in [6.45, 7) is 11.9. The van der Waals surface area contributed by atoms with Crippen LogP contribution in [-0.4, -0.2) is 6.21 Å². The maximum absolute atomic E-state index is 4.12. The molecule has 0 radical (unpaired) electrons. The summed E-state index contributed by atoms with van der Waals surface area (Å²) in [5, 5.41) is 2.15. The van der Waals surface area contributed by atoms with Gasteiger partial charge in [0.1, 0.15) is 0 Å². The van der Waals surface area contributed by atoms with E-state index in [1.807, 2.05) is 20.8 Å². The number of aryl methyl sites for hydroxylation is 1. The van der Waals surface area contributed by atoms with Crippen LogP contribution in [-0.2, 0) is 6.42 Å². The fourth-order valence-corrected chi connectivity index (χ4v) is 1.92. The fraction of sp³-hybridized carbons (Fsp3) is 0.417. The molecule has 80 valence electrons. The van der Waals surface area contributed by atoms with Crippen molar-refractivity contribution in [2.45, 2.75) is 34.1 Å². The van der Waals surface area contributed by atoms with Crippen LogP contribution in [0.3, 0.4) is 0 Å². The summed E-state index contributed by atoms with van der Waals surface area (Å²) in [5.41, 5.74) is 2.25. The van der Waals surface area contributed by atoms with Gasteiger partial charge in [-0.05, 0) is 30.9 Å². The number of hydrogen-bond donors (Lipinski definition) is 0. The van der Waals surface area contributed by atoms with Crippen LogP contribution in [0, 0.1) is 6.92 Å². The third-order valence-electron chi connectivity index (χ3n) is 1.47. The Labute approximate surface area is 92.7 Å². The zero-order valence-electron chi connectivity index (χ0n) is 9.50. The Morgan fingerprint density at radius 2 is 2.29 bits per heavy atom. The SMILES string of the molecule is C=C(Cc1cc(C)cs1)N=CC.CC.[HH]. The van der Waals surface area contributed by atoms with Crippen molar-refractivity contribution in [2.24, 2.45) is 4.99 Å². The lowest BCUT2D eigenvalue weighted by Crippen LogP contribution is -1.81. The number of hydrogen-bond acceptors (Lipinski definition) is 2. The van der Waals surface area contributed by atoms with Crippen molar-refractivity contribution in [3.63, 3.8) is 0 Å². The van der Waals surface area contributed by atoms with E-state index in [9.17, 15) is 0 Å². The van der Waals surface area contributed by atoms with Gasteiger partial charge in [0, 0.05) is 24.6 Å². The molecule has 1 heterocycles. The van der Waals surface area contributed by atoms with Crippen LogP contribution in [0.4, 0.5) is 0 Å². The highest BCUT2D eigenvalue weighted by Gasteiger charge is 1.97. The largest absolute Gasteiger partial charge is 0.266 e. The van der Waals surface area contributed by atoms with Gasteiger partial charge in [-0.25, -0.2) is 0 Å². The Balaban J connectivity index is 0. The van der Waals surface area contributed by atoms with Crippen LogP contribution in [0.2, 0.25) is 0 Å². The summed E-state index contributed by atoms with van der Waals surface area (Å²) in [6.07, 6.45) is 2.66. The number of aliphatic imine (C=N–C) groups is 1. The van der Waals surface area contributed by atoms with Gasteiger partial charge in [0.15, 0.2) is 0 Å².